The van der Waals surface area contributed by atoms with Gasteiger partial charge >= 0.3 is 0 Å². The van der Waals surface area contributed by atoms with Crippen molar-refractivity contribution in [3.05, 3.63) is 283 Å². The van der Waals surface area contributed by atoms with Crippen LogP contribution in [0.3, 0.4) is 0 Å². The highest BCUT2D eigenvalue weighted by Gasteiger charge is 2.39. The van der Waals surface area contributed by atoms with Gasteiger partial charge in [-0.15, -0.1) is 11.3 Å². The third-order valence-electron chi connectivity index (χ3n) is 15.5. The Bertz CT molecular complexity index is 3550. The van der Waals surface area contributed by atoms with E-state index in [-0.39, 0.29) is 10.8 Å². The Morgan fingerprint density at radius 3 is 0.797 bits per heavy atom. The number of rotatable bonds is 11. The third-order valence-corrected chi connectivity index (χ3v) is 16.6. The zero-order valence-corrected chi connectivity index (χ0v) is 42.9. The van der Waals surface area contributed by atoms with Gasteiger partial charge in [0.15, 0.2) is 0 Å². The monoisotopic (exact) mass is 969 g/mol. The molecular formula is C70H55N3S. The normalized spacial score (nSPS) is 13.4. The van der Waals surface area contributed by atoms with Crippen molar-refractivity contribution >= 4 is 62.5 Å². The third kappa shape index (κ3) is 7.73. The molecule has 2 aliphatic carbocycles. The minimum atomic E-state index is -0.270. The van der Waals surface area contributed by atoms with Crippen LogP contribution in [0.2, 0.25) is 0 Å². The van der Waals surface area contributed by atoms with E-state index in [1.807, 2.05) is 11.3 Å². The molecule has 0 N–H and O–H groups in total. The van der Waals surface area contributed by atoms with Gasteiger partial charge in [-0.25, -0.2) is 0 Å². The van der Waals surface area contributed by atoms with E-state index in [9.17, 15) is 0 Å². The summed E-state index contributed by atoms with van der Waals surface area (Å²) in [5.41, 5.74) is 22.6. The van der Waals surface area contributed by atoms with E-state index >= 15 is 0 Å². The quantitative estimate of drug-likeness (QED) is 0.128. The molecule has 0 saturated heterocycles. The predicted octanol–water partition coefficient (Wildman–Crippen LogP) is 20.1. The van der Waals surface area contributed by atoms with E-state index in [4.69, 9.17) is 0 Å². The Kier molecular flexibility index (Phi) is 11.1. The van der Waals surface area contributed by atoms with E-state index in [0.29, 0.717) is 0 Å². The van der Waals surface area contributed by atoms with Gasteiger partial charge in [0.25, 0.3) is 0 Å². The fourth-order valence-corrected chi connectivity index (χ4v) is 12.7. The first-order valence-electron chi connectivity index (χ1n) is 25.7. The van der Waals surface area contributed by atoms with Crippen LogP contribution in [0.4, 0.5) is 51.2 Å². The largest absolute Gasteiger partial charge is 0.310 e. The first-order chi connectivity index (χ1) is 36.2. The molecule has 0 radical (unpaired) electrons. The summed E-state index contributed by atoms with van der Waals surface area (Å²) in [5.74, 6) is 0. The van der Waals surface area contributed by atoms with E-state index < -0.39 is 0 Å². The average molecular weight is 970 g/mol. The zero-order valence-electron chi connectivity index (χ0n) is 42.1. The molecule has 13 rings (SSSR count). The number of hydrogen-bond acceptors (Lipinski definition) is 4. The standard InChI is InChI=1S/C70H55N3S/c1-69(2)63-44-55(71(50-22-12-6-13-23-50)51-24-14-7-15-25-51)34-38-59(63)61-40-36-57(46-65(61)69)73(54-32-30-49(31-33-54)68-43-42-67(74-68)48-20-10-5-11-21-48)58-37-41-62-60-39-35-56(45-64(60)70(3,4)66(62)47-58)72(52-26-16-8-17-27-52)53-28-18-9-19-29-53/h5-47H,1-4H3. The van der Waals surface area contributed by atoms with Crippen molar-refractivity contribution in [1.29, 1.82) is 0 Å². The highest BCUT2D eigenvalue weighted by atomic mass is 32.1. The molecule has 0 fully saturated rings. The Hall–Kier alpha value is -8.70. The highest BCUT2D eigenvalue weighted by molar-refractivity contribution is 7.18. The van der Waals surface area contributed by atoms with Gasteiger partial charge in [0.05, 0.1) is 0 Å². The molecule has 0 unspecified atom stereocenters. The average Bonchev–Trinajstić information content (AvgIpc) is 4.10. The van der Waals surface area contributed by atoms with Crippen molar-refractivity contribution in [3.63, 3.8) is 0 Å². The van der Waals surface area contributed by atoms with E-state index in [2.05, 4.69) is 303 Å². The lowest BCUT2D eigenvalue weighted by molar-refractivity contribution is 0.660. The van der Waals surface area contributed by atoms with Gasteiger partial charge in [0.1, 0.15) is 0 Å². The van der Waals surface area contributed by atoms with Crippen molar-refractivity contribution in [3.8, 4) is 43.1 Å². The van der Waals surface area contributed by atoms with Crippen molar-refractivity contribution in [2.45, 2.75) is 38.5 Å². The van der Waals surface area contributed by atoms with E-state index in [0.717, 1.165) is 51.2 Å². The first kappa shape index (κ1) is 45.2. The molecule has 356 valence electrons. The summed E-state index contributed by atoms with van der Waals surface area (Å²) in [7, 11) is 0. The van der Waals surface area contributed by atoms with Crippen molar-refractivity contribution in [2.75, 3.05) is 14.7 Å². The second-order valence-corrected chi connectivity index (χ2v) is 21.7. The van der Waals surface area contributed by atoms with Crippen LogP contribution in [0.25, 0.3) is 43.1 Å². The topological polar surface area (TPSA) is 9.72 Å². The van der Waals surface area contributed by atoms with Gasteiger partial charge < -0.3 is 14.7 Å². The molecule has 2 aliphatic rings. The fourth-order valence-electron chi connectivity index (χ4n) is 11.7. The van der Waals surface area contributed by atoms with Crippen LogP contribution in [0, 0.1) is 0 Å². The molecule has 0 aliphatic heterocycles. The maximum Gasteiger partial charge on any atom is 0.0465 e. The second kappa shape index (κ2) is 18.1. The van der Waals surface area contributed by atoms with Crippen molar-refractivity contribution in [2.24, 2.45) is 0 Å². The molecule has 1 heterocycles. The second-order valence-electron chi connectivity index (χ2n) is 20.6. The zero-order chi connectivity index (χ0) is 50.0. The minimum absolute atomic E-state index is 0.270. The van der Waals surface area contributed by atoms with E-state index in [1.54, 1.807) is 0 Å². The summed E-state index contributed by atoms with van der Waals surface area (Å²) in [5, 5.41) is 0. The molecule has 3 nitrogen and oxygen atoms in total. The van der Waals surface area contributed by atoms with Crippen LogP contribution in [0.5, 0.6) is 0 Å². The predicted molar refractivity (Wildman–Crippen MR) is 314 cm³/mol. The summed E-state index contributed by atoms with van der Waals surface area (Å²) in [6.45, 7) is 9.57. The molecule has 0 atom stereocenters. The summed E-state index contributed by atoms with van der Waals surface area (Å²) in [6.07, 6.45) is 0. The maximum absolute atomic E-state index is 2.47. The summed E-state index contributed by atoms with van der Waals surface area (Å²) >= 11 is 1.84. The number of anilines is 9. The molecule has 0 saturated carbocycles. The van der Waals surface area contributed by atoms with Crippen molar-refractivity contribution in [1.82, 2.24) is 0 Å². The Labute approximate surface area is 439 Å². The van der Waals surface area contributed by atoms with Crippen LogP contribution in [-0.2, 0) is 10.8 Å². The number of para-hydroxylation sites is 4. The fraction of sp³-hybridized carbons (Fsp3) is 0.0857. The van der Waals surface area contributed by atoms with Gasteiger partial charge in [-0.1, -0.05) is 167 Å². The summed E-state index contributed by atoms with van der Waals surface area (Å²) in [4.78, 5) is 9.74. The SMILES string of the molecule is CC1(C)c2cc(N(c3ccccc3)c3ccccc3)ccc2-c2ccc(N(c3ccc(-c4ccc(-c5ccccc5)s4)cc3)c3ccc4c(c3)C(C)(C)c3cc(N(c5ccccc5)c5ccccc5)ccc3-4)cc21. The molecule has 74 heavy (non-hydrogen) atoms. The number of benzene rings is 10. The Morgan fingerprint density at radius 1 is 0.243 bits per heavy atom. The molecule has 0 amide bonds. The van der Waals surface area contributed by atoms with Crippen LogP contribution in [0.15, 0.2) is 261 Å². The van der Waals surface area contributed by atoms with Crippen LogP contribution >= 0.6 is 11.3 Å². The van der Waals surface area contributed by atoms with Crippen molar-refractivity contribution < 1.29 is 0 Å². The molecule has 0 spiro atoms. The lowest BCUT2D eigenvalue weighted by Crippen LogP contribution is -2.18. The molecular weight excluding hydrogens is 915 g/mol. The Balaban J connectivity index is 0.905. The molecule has 10 aromatic carbocycles. The summed E-state index contributed by atoms with van der Waals surface area (Å²) < 4.78 is 0. The Morgan fingerprint density at radius 2 is 0.486 bits per heavy atom. The molecule has 0 bridgehead atoms. The smallest absolute Gasteiger partial charge is 0.0465 e. The van der Waals surface area contributed by atoms with Crippen LogP contribution in [-0.4, -0.2) is 0 Å². The van der Waals surface area contributed by atoms with Gasteiger partial charge in [-0.05, 0) is 177 Å². The maximum atomic E-state index is 2.47. The number of hydrogen-bond donors (Lipinski definition) is 0. The molecule has 1 aromatic heterocycles. The lowest BCUT2D eigenvalue weighted by atomic mass is 9.81. The van der Waals surface area contributed by atoms with Gasteiger partial charge in [-0.2, -0.15) is 0 Å². The van der Waals surface area contributed by atoms with Gasteiger partial charge in [-0.3, -0.25) is 0 Å². The molecule has 11 aromatic rings. The molecule has 4 heteroatoms. The van der Waals surface area contributed by atoms with Crippen LogP contribution in [0.1, 0.15) is 49.9 Å². The number of fused-ring (bicyclic) bond motifs is 6. The van der Waals surface area contributed by atoms with Gasteiger partial charge in [0, 0.05) is 71.8 Å². The van der Waals surface area contributed by atoms with E-state index in [1.165, 1.54) is 65.4 Å². The van der Waals surface area contributed by atoms with Gasteiger partial charge in [0.2, 0.25) is 0 Å². The first-order valence-corrected chi connectivity index (χ1v) is 26.5. The number of nitrogens with zero attached hydrogens (tertiary/aromatic N) is 3. The van der Waals surface area contributed by atoms with Crippen LogP contribution < -0.4 is 14.7 Å². The highest BCUT2D eigenvalue weighted by Crippen LogP contribution is 2.55. The lowest BCUT2D eigenvalue weighted by Gasteiger charge is -2.30. The summed E-state index contributed by atoms with van der Waals surface area (Å²) in [6, 6.07) is 95.6. The minimum Gasteiger partial charge on any atom is -0.310 e. The number of thiophene rings is 1.